The monoisotopic (exact) mass is 535 g/mol. The van der Waals surface area contributed by atoms with E-state index in [-0.39, 0.29) is 34.5 Å². The van der Waals surface area contributed by atoms with Crippen molar-refractivity contribution in [3.63, 3.8) is 0 Å². The minimum absolute atomic E-state index is 0.0174. The van der Waals surface area contributed by atoms with Gasteiger partial charge in [0.2, 0.25) is 5.91 Å². The predicted molar refractivity (Wildman–Crippen MR) is 124 cm³/mol. The lowest BCUT2D eigenvalue weighted by molar-refractivity contribution is -0.284. The van der Waals surface area contributed by atoms with Crippen molar-refractivity contribution in [2.75, 3.05) is 17.7 Å². The zero-order valence-electron chi connectivity index (χ0n) is 19.9. The number of carbonyl (C=O) groups excluding carboxylic acids is 1. The van der Waals surface area contributed by atoms with Gasteiger partial charge in [-0.1, -0.05) is 12.1 Å². The van der Waals surface area contributed by atoms with Crippen LogP contribution in [0.2, 0.25) is 0 Å². The zero-order chi connectivity index (χ0) is 27.5. The summed E-state index contributed by atoms with van der Waals surface area (Å²) in [6.45, 7) is 1.64. The normalized spacial score (nSPS) is 17.5. The molecule has 198 valence electrons. The van der Waals surface area contributed by atoms with Crippen LogP contribution in [-0.2, 0) is 16.6 Å². The third-order valence-corrected chi connectivity index (χ3v) is 6.52. The average molecular weight is 535 g/mol. The number of anilines is 2. The lowest BCUT2D eigenvalue weighted by Crippen LogP contribution is -2.36. The van der Waals surface area contributed by atoms with Gasteiger partial charge in [0.15, 0.2) is 11.5 Å². The Morgan fingerprint density at radius 1 is 1.08 bits per heavy atom. The largest absolute Gasteiger partial charge is 0.453 e. The maximum atomic E-state index is 13.6. The Hall–Kier alpha value is -4.23. The molecule has 4 heterocycles. The fourth-order valence-corrected chi connectivity index (χ4v) is 4.41. The Kier molecular flexibility index (Phi) is 5.80. The molecule has 1 aliphatic heterocycles. The maximum Gasteiger partial charge on any atom is 0.453 e. The van der Waals surface area contributed by atoms with Crippen molar-refractivity contribution < 1.29 is 31.1 Å². The van der Waals surface area contributed by atoms with E-state index in [1.807, 2.05) is 0 Å². The molecule has 4 aromatic rings. The van der Waals surface area contributed by atoms with E-state index >= 15 is 0 Å². The van der Waals surface area contributed by atoms with E-state index in [4.69, 9.17) is 0 Å². The highest BCUT2D eigenvalue weighted by Gasteiger charge is 2.56. The molecule has 1 amide bonds. The Labute approximate surface area is 211 Å². The fourth-order valence-electron chi connectivity index (χ4n) is 4.41. The first-order valence-electron chi connectivity index (χ1n) is 11.3. The summed E-state index contributed by atoms with van der Waals surface area (Å²) >= 11 is 0. The van der Waals surface area contributed by atoms with E-state index in [1.165, 1.54) is 47.3 Å². The number of amides is 1. The molecule has 2 N–H and O–H groups in total. The van der Waals surface area contributed by atoms with Gasteiger partial charge in [0.05, 0.1) is 11.3 Å². The lowest BCUT2D eigenvalue weighted by Gasteiger charge is -2.24. The number of hydrogen-bond acceptors (Lipinski definition) is 6. The number of halogens is 6. The van der Waals surface area contributed by atoms with Gasteiger partial charge < -0.3 is 15.0 Å². The number of carbonyl (C=O) groups is 1. The van der Waals surface area contributed by atoms with E-state index < -0.39 is 42.1 Å². The first-order valence-corrected chi connectivity index (χ1v) is 11.3. The predicted octanol–water partition coefficient (Wildman–Crippen LogP) is 4.76. The number of imidazole rings is 1. The lowest BCUT2D eigenvalue weighted by atomic mass is 9.77. The smallest absolute Gasteiger partial charge is 0.373 e. The molecule has 1 aliphatic rings. The van der Waals surface area contributed by atoms with Gasteiger partial charge in [0.25, 0.3) is 0 Å². The van der Waals surface area contributed by atoms with Crippen LogP contribution in [0.5, 0.6) is 0 Å². The van der Waals surface area contributed by atoms with Crippen LogP contribution in [0.4, 0.5) is 38.0 Å². The number of fused-ring (bicyclic) bond motifs is 2. The highest BCUT2D eigenvalue weighted by atomic mass is 19.4. The summed E-state index contributed by atoms with van der Waals surface area (Å²) < 4.78 is 80.3. The Morgan fingerprint density at radius 2 is 1.79 bits per heavy atom. The standard InChI is InChI=1S/C24H19F6N7O/c1-22(12-3-5-13(25)6-4-12)16-18(31-2)34-17(35-19(16)36-21(22)38)15-11-37-10-9-32-20(37)14(33-15)7-8-23(26,27)24(28,29)30/h3-6,9-11H,7-8H2,1-2H3,(H2,31,34,35,36,38). The summed E-state index contributed by atoms with van der Waals surface area (Å²) in [6, 6.07) is 5.42. The third kappa shape index (κ3) is 4.00. The number of benzene rings is 1. The van der Waals surface area contributed by atoms with Crippen LogP contribution >= 0.6 is 0 Å². The summed E-state index contributed by atoms with van der Waals surface area (Å²) in [6.07, 6.45) is -3.66. The molecule has 0 saturated heterocycles. The highest BCUT2D eigenvalue weighted by Crippen LogP contribution is 2.45. The quantitative estimate of drug-likeness (QED) is 0.346. The number of aromatic nitrogens is 5. The van der Waals surface area contributed by atoms with Crippen LogP contribution in [0.25, 0.3) is 17.2 Å². The summed E-state index contributed by atoms with van der Waals surface area (Å²) in [5.41, 5.74) is -0.311. The minimum atomic E-state index is -5.70. The van der Waals surface area contributed by atoms with Gasteiger partial charge >= 0.3 is 12.1 Å². The number of nitrogens with zero attached hydrogens (tertiary/aromatic N) is 5. The molecule has 1 atom stereocenters. The molecule has 38 heavy (non-hydrogen) atoms. The Bertz CT molecular complexity index is 1550. The van der Waals surface area contributed by atoms with Crippen LogP contribution in [0, 0.1) is 5.82 Å². The number of hydrogen-bond donors (Lipinski definition) is 2. The maximum absolute atomic E-state index is 13.6. The molecule has 0 saturated carbocycles. The average Bonchev–Trinajstić information content (AvgIpc) is 3.44. The molecule has 8 nitrogen and oxygen atoms in total. The van der Waals surface area contributed by atoms with Crippen molar-refractivity contribution in [3.05, 3.63) is 65.5 Å². The van der Waals surface area contributed by atoms with E-state index in [2.05, 4.69) is 30.6 Å². The molecular formula is C24H19F6N7O. The molecule has 0 radical (unpaired) electrons. The van der Waals surface area contributed by atoms with Gasteiger partial charge in [0.1, 0.15) is 28.6 Å². The first kappa shape index (κ1) is 25.4. The number of nitrogens with one attached hydrogen (secondary N) is 2. The van der Waals surface area contributed by atoms with Crippen molar-refractivity contribution in [1.82, 2.24) is 24.3 Å². The van der Waals surface area contributed by atoms with Gasteiger partial charge in [-0.25, -0.2) is 24.3 Å². The van der Waals surface area contributed by atoms with Crippen molar-refractivity contribution >= 4 is 23.2 Å². The number of aryl methyl sites for hydroxylation is 1. The molecule has 0 spiro atoms. The topological polar surface area (TPSA) is 97.1 Å². The van der Waals surface area contributed by atoms with E-state index in [0.29, 0.717) is 11.1 Å². The Morgan fingerprint density at radius 3 is 2.45 bits per heavy atom. The summed E-state index contributed by atoms with van der Waals surface area (Å²) in [5.74, 6) is -5.44. The van der Waals surface area contributed by atoms with Gasteiger partial charge in [-0.15, -0.1) is 0 Å². The molecule has 3 aromatic heterocycles. The molecule has 0 fully saturated rings. The summed E-state index contributed by atoms with van der Waals surface area (Å²) in [7, 11) is 1.57. The number of rotatable bonds is 6. The van der Waals surface area contributed by atoms with Crippen LogP contribution in [0.1, 0.15) is 30.2 Å². The molecule has 1 unspecified atom stereocenters. The molecular weight excluding hydrogens is 516 g/mol. The van der Waals surface area contributed by atoms with Gasteiger partial charge in [0, 0.05) is 32.1 Å². The van der Waals surface area contributed by atoms with E-state index in [0.717, 1.165) is 0 Å². The van der Waals surface area contributed by atoms with Crippen molar-refractivity contribution in [3.8, 4) is 11.5 Å². The number of alkyl halides is 5. The molecule has 1 aromatic carbocycles. The van der Waals surface area contributed by atoms with Crippen LogP contribution < -0.4 is 10.6 Å². The fraction of sp³-hybridized carbons (Fsp3) is 0.292. The van der Waals surface area contributed by atoms with E-state index in [9.17, 15) is 31.1 Å². The molecule has 5 rings (SSSR count). The minimum Gasteiger partial charge on any atom is -0.373 e. The van der Waals surface area contributed by atoms with Crippen molar-refractivity contribution in [1.29, 1.82) is 0 Å². The van der Waals surface area contributed by atoms with Crippen LogP contribution in [0.3, 0.4) is 0 Å². The highest BCUT2D eigenvalue weighted by molar-refractivity contribution is 6.09. The first-order chi connectivity index (χ1) is 17.8. The Balaban J connectivity index is 1.59. The zero-order valence-corrected chi connectivity index (χ0v) is 19.9. The second-order valence-corrected chi connectivity index (χ2v) is 8.89. The van der Waals surface area contributed by atoms with Gasteiger partial charge in [-0.05, 0) is 31.0 Å². The third-order valence-electron chi connectivity index (χ3n) is 6.52. The molecule has 0 aliphatic carbocycles. The van der Waals surface area contributed by atoms with Crippen molar-refractivity contribution in [2.45, 2.75) is 37.3 Å². The van der Waals surface area contributed by atoms with E-state index in [1.54, 1.807) is 14.0 Å². The SMILES string of the molecule is CNc1nc(-c2cn3ccnc3c(CCC(F)(F)C(F)(F)F)n2)nc2c1C(C)(c1ccc(F)cc1)C(=O)N2. The summed E-state index contributed by atoms with van der Waals surface area (Å²) in [5, 5.41) is 5.61. The van der Waals surface area contributed by atoms with Crippen LogP contribution in [0.15, 0.2) is 42.9 Å². The second-order valence-electron chi connectivity index (χ2n) is 8.89. The molecule has 0 bridgehead atoms. The summed E-state index contributed by atoms with van der Waals surface area (Å²) in [4.78, 5) is 30.3. The van der Waals surface area contributed by atoms with Gasteiger partial charge in [-0.3, -0.25) is 4.79 Å². The van der Waals surface area contributed by atoms with Gasteiger partial charge in [-0.2, -0.15) is 22.0 Å². The molecule has 14 heteroatoms. The van der Waals surface area contributed by atoms with Crippen molar-refractivity contribution in [2.24, 2.45) is 0 Å². The second kappa shape index (κ2) is 8.67. The van der Waals surface area contributed by atoms with Crippen LogP contribution in [-0.4, -0.2) is 49.4 Å².